The first-order valence-corrected chi connectivity index (χ1v) is 11.4. The maximum atomic E-state index is 13.1. The van der Waals surface area contributed by atoms with Crippen LogP contribution in [0.2, 0.25) is 0 Å². The number of piperidine rings is 1. The van der Waals surface area contributed by atoms with Gasteiger partial charge in [-0.05, 0) is 12.1 Å². The summed E-state index contributed by atoms with van der Waals surface area (Å²) in [5, 5.41) is 0. The van der Waals surface area contributed by atoms with Crippen LogP contribution in [0.15, 0.2) is 48.5 Å². The number of hydrogen-bond acceptors (Lipinski definition) is 3. The smallest absolute Gasteiger partial charge is 0.258 e. The maximum absolute atomic E-state index is 13.1. The minimum Gasteiger partial charge on any atom is -0.493 e. The third-order valence-electron chi connectivity index (χ3n) is 6.89. The second-order valence-electron chi connectivity index (χ2n) is 8.68. The summed E-state index contributed by atoms with van der Waals surface area (Å²) >= 11 is 0. The fourth-order valence-corrected chi connectivity index (χ4v) is 5.13. The Morgan fingerprint density at radius 1 is 0.935 bits per heavy atom. The molecule has 2 aliphatic rings. The van der Waals surface area contributed by atoms with Crippen LogP contribution in [0.1, 0.15) is 28.8 Å². The zero-order chi connectivity index (χ0) is 21.6. The summed E-state index contributed by atoms with van der Waals surface area (Å²) in [4.78, 5) is 18.5. The lowest BCUT2D eigenvalue weighted by molar-refractivity contribution is -0.965. The molecule has 6 nitrogen and oxygen atoms in total. The van der Waals surface area contributed by atoms with Crippen molar-refractivity contribution in [2.75, 3.05) is 53.5 Å². The molecule has 2 fully saturated rings. The number of nitrogens with zero attached hydrogens (tertiary/aromatic N) is 1. The number of amides is 1. The van der Waals surface area contributed by atoms with Crippen molar-refractivity contribution < 1.29 is 24.1 Å². The van der Waals surface area contributed by atoms with Crippen molar-refractivity contribution in [1.29, 1.82) is 0 Å². The summed E-state index contributed by atoms with van der Waals surface area (Å²) in [5.41, 5.74) is 2.02. The van der Waals surface area contributed by atoms with E-state index in [9.17, 15) is 4.79 Å². The molecule has 0 radical (unpaired) electrons. The Labute approximate surface area is 185 Å². The van der Waals surface area contributed by atoms with E-state index in [0.717, 1.165) is 38.8 Å². The highest BCUT2D eigenvalue weighted by atomic mass is 16.5. The Kier molecular flexibility index (Phi) is 7.10. The first-order valence-electron chi connectivity index (χ1n) is 11.4. The lowest BCUT2D eigenvalue weighted by Crippen LogP contribution is -3.21. The van der Waals surface area contributed by atoms with Crippen LogP contribution < -0.4 is 19.3 Å². The number of para-hydroxylation sites is 1. The number of benzene rings is 2. The molecular weight excluding hydrogens is 390 g/mol. The van der Waals surface area contributed by atoms with Crippen molar-refractivity contribution in [3.8, 4) is 11.5 Å². The molecule has 0 aliphatic carbocycles. The van der Waals surface area contributed by atoms with Gasteiger partial charge in [0.1, 0.15) is 6.54 Å². The largest absolute Gasteiger partial charge is 0.493 e. The van der Waals surface area contributed by atoms with Gasteiger partial charge in [0.2, 0.25) is 0 Å². The Hall–Kier alpha value is -2.57. The van der Waals surface area contributed by atoms with Crippen molar-refractivity contribution in [3.63, 3.8) is 0 Å². The van der Waals surface area contributed by atoms with Gasteiger partial charge in [-0.15, -0.1) is 0 Å². The minimum atomic E-state index is 0.0388. The van der Waals surface area contributed by atoms with E-state index in [0.29, 0.717) is 17.1 Å². The number of quaternary nitrogens is 2. The summed E-state index contributed by atoms with van der Waals surface area (Å²) in [6, 6.07) is 17.0. The normalized spacial score (nSPS) is 22.2. The predicted molar refractivity (Wildman–Crippen MR) is 120 cm³/mol. The molecule has 0 bridgehead atoms. The molecule has 1 amide bonds. The number of carbonyl (C=O) groups is 1. The molecule has 31 heavy (non-hydrogen) atoms. The van der Waals surface area contributed by atoms with E-state index in [1.54, 1.807) is 24.0 Å². The fraction of sp³-hybridized carbons (Fsp3) is 0.480. The standard InChI is InChI=1S/C25H33N3O3/c1-30-23-10-6-9-22(24(23)31-2)25(29)28-17-15-27(16-18-28)21-11-13-26(14-12-21)19-20-7-4-3-5-8-20/h3-10,21H,11-19H2,1-2H3/p+2. The van der Waals surface area contributed by atoms with E-state index >= 15 is 0 Å². The molecule has 2 aliphatic heterocycles. The molecule has 0 unspecified atom stereocenters. The first-order chi connectivity index (χ1) is 15.2. The molecule has 6 heteroatoms. The van der Waals surface area contributed by atoms with Crippen LogP contribution in [-0.2, 0) is 6.54 Å². The van der Waals surface area contributed by atoms with Crippen LogP contribution in [0, 0.1) is 0 Å². The Morgan fingerprint density at radius 2 is 1.65 bits per heavy atom. The van der Waals surface area contributed by atoms with Gasteiger partial charge in [-0.2, -0.15) is 0 Å². The van der Waals surface area contributed by atoms with Crippen molar-refractivity contribution in [1.82, 2.24) is 4.90 Å². The maximum Gasteiger partial charge on any atom is 0.258 e. The van der Waals surface area contributed by atoms with Crippen LogP contribution in [0.3, 0.4) is 0 Å². The molecule has 0 saturated carbocycles. The number of rotatable bonds is 6. The molecular formula is C25H35N3O3+2. The van der Waals surface area contributed by atoms with Crippen LogP contribution in [0.5, 0.6) is 11.5 Å². The molecule has 166 valence electrons. The average molecular weight is 426 g/mol. The van der Waals surface area contributed by atoms with Crippen molar-refractivity contribution >= 4 is 5.91 Å². The van der Waals surface area contributed by atoms with Crippen LogP contribution in [-0.4, -0.2) is 70.3 Å². The topological polar surface area (TPSA) is 47.6 Å². The molecule has 0 spiro atoms. The van der Waals surface area contributed by atoms with Crippen molar-refractivity contribution in [2.24, 2.45) is 0 Å². The van der Waals surface area contributed by atoms with E-state index in [2.05, 4.69) is 30.3 Å². The quantitative estimate of drug-likeness (QED) is 0.700. The molecule has 0 aromatic heterocycles. The number of hydrogen-bond donors (Lipinski definition) is 2. The molecule has 2 N–H and O–H groups in total. The number of likely N-dealkylation sites (tertiary alicyclic amines) is 1. The Balaban J connectivity index is 1.28. The summed E-state index contributed by atoms with van der Waals surface area (Å²) in [7, 11) is 3.18. The van der Waals surface area contributed by atoms with Crippen molar-refractivity contribution in [2.45, 2.75) is 25.4 Å². The Bertz CT molecular complexity index is 858. The average Bonchev–Trinajstić information content (AvgIpc) is 2.84. The number of nitrogens with one attached hydrogen (secondary N) is 2. The summed E-state index contributed by atoms with van der Waals surface area (Å²) in [6.45, 7) is 7.26. The van der Waals surface area contributed by atoms with E-state index in [1.165, 1.54) is 31.5 Å². The predicted octanol–water partition coefficient (Wildman–Crippen LogP) is 0.292. The summed E-state index contributed by atoms with van der Waals surface area (Å²) in [6.07, 6.45) is 2.55. The molecule has 2 saturated heterocycles. The van der Waals surface area contributed by atoms with Crippen LogP contribution in [0.4, 0.5) is 0 Å². The van der Waals surface area contributed by atoms with Crippen LogP contribution in [0.25, 0.3) is 0 Å². The van der Waals surface area contributed by atoms with Gasteiger partial charge in [-0.3, -0.25) is 4.79 Å². The highest BCUT2D eigenvalue weighted by molar-refractivity contribution is 5.97. The second-order valence-corrected chi connectivity index (χ2v) is 8.68. The van der Waals surface area contributed by atoms with Crippen LogP contribution >= 0.6 is 0 Å². The van der Waals surface area contributed by atoms with Gasteiger partial charge in [0.05, 0.1) is 65.1 Å². The molecule has 2 heterocycles. The number of carbonyl (C=O) groups excluding carboxylic acids is 1. The van der Waals surface area contributed by atoms with E-state index < -0.39 is 0 Å². The van der Waals surface area contributed by atoms with Gasteiger partial charge in [0, 0.05) is 18.4 Å². The molecule has 2 aromatic carbocycles. The van der Waals surface area contributed by atoms with E-state index in [1.807, 2.05) is 23.1 Å². The Morgan fingerprint density at radius 3 is 2.29 bits per heavy atom. The SMILES string of the molecule is COc1cccc(C(=O)N2CC[NH+](C3CC[NH+](Cc4ccccc4)CC3)CC2)c1OC. The molecule has 2 aromatic rings. The third kappa shape index (κ3) is 5.02. The lowest BCUT2D eigenvalue weighted by Gasteiger charge is -2.39. The highest BCUT2D eigenvalue weighted by Gasteiger charge is 2.34. The third-order valence-corrected chi connectivity index (χ3v) is 6.89. The minimum absolute atomic E-state index is 0.0388. The summed E-state index contributed by atoms with van der Waals surface area (Å²) < 4.78 is 10.8. The van der Waals surface area contributed by atoms with E-state index in [-0.39, 0.29) is 5.91 Å². The monoisotopic (exact) mass is 425 g/mol. The summed E-state index contributed by atoms with van der Waals surface area (Å²) in [5.74, 6) is 1.16. The van der Waals surface area contributed by atoms with Gasteiger partial charge in [-0.25, -0.2) is 0 Å². The highest BCUT2D eigenvalue weighted by Crippen LogP contribution is 2.31. The zero-order valence-corrected chi connectivity index (χ0v) is 18.7. The van der Waals surface area contributed by atoms with Gasteiger partial charge in [0.15, 0.2) is 11.5 Å². The fourth-order valence-electron chi connectivity index (χ4n) is 5.13. The van der Waals surface area contributed by atoms with Gasteiger partial charge < -0.3 is 24.2 Å². The van der Waals surface area contributed by atoms with E-state index in [4.69, 9.17) is 9.47 Å². The number of methoxy groups -OCH3 is 2. The first kappa shape index (κ1) is 21.7. The molecule has 4 rings (SSSR count). The van der Waals surface area contributed by atoms with Crippen molar-refractivity contribution in [3.05, 3.63) is 59.7 Å². The molecule has 0 atom stereocenters. The number of piperazine rings is 1. The van der Waals surface area contributed by atoms with Gasteiger partial charge in [0.25, 0.3) is 5.91 Å². The lowest BCUT2D eigenvalue weighted by atomic mass is 10.0. The van der Waals surface area contributed by atoms with Gasteiger partial charge >= 0.3 is 0 Å². The zero-order valence-electron chi connectivity index (χ0n) is 18.7. The van der Waals surface area contributed by atoms with Gasteiger partial charge in [-0.1, -0.05) is 36.4 Å². The second kappa shape index (κ2) is 10.2. The number of ether oxygens (including phenoxy) is 2.